The van der Waals surface area contributed by atoms with E-state index in [0.717, 1.165) is 23.1 Å². The number of nitrogens with zero attached hydrogens (tertiary/aromatic N) is 2. The third-order valence-electron chi connectivity index (χ3n) is 3.52. The van der Waals surface area contributed by atoms with Gasteiger partial charge in [-0.1, -0.05) is 34.1 Å². The first-order valence-electron chi connectivity index (χ1n) is 6.97. The van der Waals surface area contributed by atoms with Gasteiger partial charge in [-0.3, -0.25) is 9.69 Å². The molecule has 1 aromatic rings. The van der Waals surface area contributed by atoms with Crippen molar-refractivity contribution >= 4 is 21.8 Å². The lowest BCUT2D eigenvalue weighted by molar-refractivity contribution is -0.132. The molecule has 5 heteroatoms. The summed E-state index contributed by atoms with van der Waals surface area (Å²) in [7, 11) is 1.94. The third kappa shape index (κ3) is 4.30. The summed E-state index contributed by atoms with van der Waals surface area (Å²) in [5.74, 6) is 0.142. The number of carbonyl (C=O) groups is 1. The van der Waals surface area contributed by atoms with Gasteiger partial charge in [-0.2, -0.15) is 0 Å². The van der Waals surface area contributed by atoms with Crippen LogP contribution in [0.3, 0.4) is 0 Å². The highest BCUT2D eigenvalue weighted by atomic mass is 79.9. The second kappa shape index (κ2) is 8.39. The fourth-order valence-corrected chi connectivity index (χ4v) is 2.84. The van der Waals surface area contributed by atoms with Crippen LogP contribution in [0, 0.1) is 0 Å². The zero-order valence-corrected chi connectivity index (χ0v) is 14.1. The SMILES string of the molecule is CCN(CC)C(=O)CN(C)C(CN)c1ccccc1Br. The highest BCUT2D eigenvalue weighted by Crippen LogP contribution is 2.26. The van der Waals surface area contributed by atoms with Crippen molar-refractivity contribution in [2.75, 3.05) is 33.2 Å². The van der Waals surface area contributed by atoms with Crippen molar-refractivity contribution in [1.29, 1.82) is 0 Å². The molecule has 2 N–H and O–H groups in total. The number of rotatable bonds is 7. The van der Waals surface area contributed by atoms with Crippen molar-refractivity contribution in [1.82, 2.24) is 9.80 Å². The van der Waals surface area contributed by atoms with E-state index in [0.29, 0.717) is 13.1 Å². The van der Waals surface area contributed by atoms with E-state index in [4.69, 9.17) is 5.73 Å². The Morgan fingerprint density at radius 1 is 1.30 bits per heavy atom. The van der Waals surface area contributed by atoms with E-state index in [1.165, 1.54) is 0 Å². The van der Waals surface area contributed by atoms with Crippen LogP contribution < -0.4 is 5.73 Å². The Morgan fingerprint density at radius 2 is 1.90 bits per heavy atom. The Morgan fingerprint density at radius 3 is 2.40 bits per heavy atom. The summed E-state index contributed by atoms with van der Waals surface area (Å²) in [5, 5.41) is 0. The van der Waals surface area contributed by atoms with Crippen molar-refractivity contribution in [2.24, 2.45) is 5.73 Å². The number of nitrogens with two attached hydrogens (primary N) is 1. The van der Waals surface area contributed by atoms with E-state index in [9.17, 15) is 4.79 Å². The van der Waals surface area contributed by atoms with Gasteiger partial charge >= 0.3 is 0 Å². The van der Waals surface area contributed by atoms with Crippen molar-refractivity contribution in [3.05, 3.63) is 34.3 Å². The fraction of sp³-hybridized carbons (Fsp3) is 0.533. The van der Waals surface area contributed by atoms with Crippen molar-refractivity contribution in [3.63, 3.8) is 0 Å². The van der Waals surface area contributed by atoms with Crippen LogP contribution in [-0.4, -0.2) is 48.9 Å². The molecule has 20 heavy (non-hydrogen) atoms. The van der Waals surface area contributed by atoms with Gasteiger partial charge in [0.25, 0.3) is 0 Å². The van der Waals surface area contributed by atoms with E-state index >= 15 is 0 Å². The van der Waals surface area contributed by atoms with Crippen LogP contribution in [0.4, 0.5) is 0 Å². The van der Waals surface area contributed by atoms with Crippen LogP contribution in [-0.2, 0) is 4.79 Å². The predicted octanol–water partition coefficient (Wildman–Crippen LogP) is 2.25. The monoisotopic (exact) mass is 341 g/mol. The molecule has 1 rings (SSSR count). The summed E-state index contributed by atoms with van der Waals surface area (Å²) < 4.78 is 1.03. The summed E-state index contributed by atoms with van der Waals surface area (Å²) in [4.78, 5) is 16.0. The molecular weight excluding hydrogens is 318 g/mol. The predicted molar refractivity (Wildman–Crippen MR) is 86.5 cm³/mol. The molecule has 0 aromatic heterocycles. The molecule has 0 bridgehead atoms. The molecule has 0 fully saturated rings. The minimum Gasteiger partial charge on any atom is -0.342 e. The number of carbonyl (C=O) groups excluding carboxylic acids is 1. The van der Waals surface area contributed by atoms with Crippen LogP contribution in [0.15, 0.2) is 28.7 Å². The average molecular weight is 342 g/mol. The lowest BCUT2D eigenvalue weighted by atomic mass is 10.1. The van der Waals surface area contributed by atoms with E-state index in [1.807, 2.05) is 55.0 Å². The molecule has 1 aromatic carbocycles. The topological polar surface area (TPSA) is 49.6 Å². The molecule has 0 radical (unpaired) electrons. The summed E-state index contributed by atoms with van der Waals surface area (Å²) in [5.41, 5.74) is 7.02. The summed E-state index contributed by atoms with van der Waals surface area (Å²) in [6, 6.07) is 8.04. The fourth-order valence-electron chi connectivity index (χ4n) is 2.29. The van der Waals surface area contributed by atoms with Gasteiger partial charge in [0.1, 0.15) is 0 Å². The summed E-state index contributed by atoms with van der Waals surface area (Å²) in [6.07, 6.45) is 0. The molecule has 1 atom stereocenters. The van der Waals surface area contributed by atoms with Crippen LogP contribution in [0.2, 0.25) is 0 Å². The molecule has 0 saturated heterocycles. The number of benzene rings is 1. The van der Waals surface area contributed by atoms with E-state index < -0.39 is 0 Å². The molecule has 0 spiro atoms. The maximum atomic E-state index is 12.2. The summed E-state index contributed by atoms with van der Waals surface area (Å²) in [6.45, 7) is 6.33. The Labute approximate surface area is 130 Å². The first-order valence-corrected chi connectivity index (χ1v) is 7.76. The van der Waals surface area contributed by atoms with Gasteiger partial charge in [-0.05, 0) is 32.5 Å². The Bertz CT molecular complexity index is 435. The number of amides is 1. The molecule has 0 saturated carbocycles. The molecule has 4 nitrogen and oxygen atoms in total. The number of halogens is 1. The van der Waals surface area contributed by atoms with Gasteiger partial charge in [0.2, 0.25) is 5.91 Å². The minimum absolute atomic E-state index is 0.0325. The van der Waals surface area contributed by atoms with E-state index in [-0.39, 0.29) is 11.9 Å². The highest BCUT2D eigenvalue weighted by Gasteiger charge is 2.21. The molecule has 0 aliphatic carbocycles. The van der Waals surface area contributed by atoms with Gasteiger partial charge < -0.3 is 10.6 Å². The quantitative estimate of drug-likeness (QED) is 0.827. The molecule has 1 amide bonds. The standard InChI is InChI=1S/C15H24BrN3O/c1-4-19(5-2)15(20)11-18(3)14(10-17)12-8-6-7-9-13(12)16/h6-9,14H,4-5,10-11,17H2,1-3H3. The number of hydrogen-bond donors (Lipinski definition) is 1. The summed E-state index contributed by atoms with van der Waals surface area (Å²) >= 11 is 3.55. The molecule has 1 unspecified atom stereocenters. The van der Waals surface area contributed by atoms with Gasteiger partial charge in [0.15, 0.2) is 0 Å². The smallest absolute Gasteiger partial charge is 0.236 e. The first-order chi connectivity index (χ1) is 9.54. The molecule has 0 aliphatic rings. The molecule has 0 heterocycles. The Hall–Kier alpha value is -0.910. The van der Waals surface area contributed by atoms with E-state index in [2.05, 4.69) is 15.9 Å². The van der Waals surface area contributed by atoms with Crippen molar-refractivity contribution in [2.45, 2.75) is 19.9 Å². The zero-order valence-electron chi connectivity index (χ0n) is 12.5. The molecule has 0 aliphatic heterocycles. The lowest BCUT2D eigenvalue weighted by Crippen LogP contribution is -2.41. The Kier molecular flexibility index (Phi) is 7.19. The number of likely N-dealkylation sites (N-methyl/N-ethyl adjacent to an activating group) is 2. The molecule has 112 valence electrons. The van der Waals surface area contributed by atoms with Gasteiger partial charge in [0, 0.05) is 30.1 Å². The van der Waals surface area contributed by atoms with Crippen LogP contribution in [0.1, 0.15) is 25.5 Å². The largest absolute Gasteiger partial charge is 0.342 e. The minimum atomic E-state index is 0.0325. The maximum Gasteiger partial charge on any atom is 0.236 e. The Balaban J connectivity index is 2.80. The lowest BCUT2D eigenvalue weighted by Gasteiger charge is -2.29. The van der Waals surface area contributed by atoms with Crippen LogP contribution in [0.5, 0.6) is 0 Å². The highest BCUT2D eigenvalue weighted by molar-refractivity contribution is 9.10. The molecular formula is C15H24BrN3O. The van der Waals surface area contributed by atoms with Gasteiger partial charge in [0.05, 0.1) is 6.54 Å². The normalized spacial score (nSPS) is 12.5. The van der Waals surface area contributed by atoms with Gasteiger partial charge in [-0.25, -0.2) is 0 Å². The third-order valence-corrected chi connectivity index (χ3v) is 4.24. The average Bonchev–Trinajstić information content (AvgIpc) is 2.43. The van der Waals surface area contributed by atoms with Crippen LogP contribution in [0.25, 0.3) is 0 Å². The van der Waals surface area contributed by atoms with Crippen LogP contribution >= 0.6 is 15.9 Å². The number of hydrogen-bond acceptors (Lipinski definition) is 3. The van der Waals surface area contributed by atoms with Crippen molar-refractivity contribution in [3.8, 4) is 0 Å². The maximum absolute atomic E-state index is 12.2. The zero-order chi connectivity index (χ0) is 15.1. The first kappa shape index (κ1) is 17.1. The second-order valence-corrected chi connectivity index (χ2v) is 5.61. The van der Waals surface area contributed by atoms with Gasteiger partial charge in [-0.15, -0.1) is 0 Å². The second-order valence-electron chi connectivity index (χ2n) is 4.75. The van der Waals surface area contributed by atoms with E-state index in [1.54, 1.807) is 0 Å². The van der Waals surface area contributed by atoms with Crippen molar-refractivity contribution < 1.29 is 4.79 Å².